The van der Waals surface area contributed by atoms with E-state index in [0.29, 0.717) is 0 Å². The van der Waals surface area contributed by atoms with Gasteiger partial charge in [-0.25, -0.2) is 0 Å². The van der Waals surface area contributed by atoms with Crippen LogP contribution < -0.4 is 5.73 Å². The summed E-state index contributed by atoms with van der Waals surface area (Å²) in [5, 5.41) is 6.91. The van der Waals surface area contributed by atoms with E-state index < -0.39 is 0 Å². The fourth-order valence-electron chi connectivity index (χ4n) is 3.18. The van der Waals surface area contributed by atoms with E-state index in [1.54, 1.807) is 0 Å². The topological polar surface area (TPSA) is 50.9 Å². The maximum atomic E-state index is 6.10. The van der Waals surface area contributed by atoms with E-state index in [4.69, 9.17) is 15.6 Å². The molecule has 0 aromatic heterocycles. The third-order valence-electron chi connectivity index (χ3n) is 3.87. The summed E-state index contributed by atoms with van der Waals surface area (Å²) in [6.45, 7) is 3.62. The van der Waals surface area contributed by atoms with Gasteiger partial charge in [0.15, 0.2) is 0 Å². The zero-order valence-corrected chi connectivity index (χ0v) is 10.2. The fraction of sp³-hybridized carbons (Fsp3) is 0.615. The Morgan fingerprint density at radius 2 is 2.47 bits per heavy atom. The van der Waals surface area contributed by atoms with Crippen LogP contribution in [0, 0.1) is 0 Å². The highest BCUT2D eigenvalue weighted by Crippen LogP contribution is 2.40. The predicted molar refractivity (Wildman–Crippen MR) is 67.8 cm³/mol. The van der Waals surface area contributed by atoms with E-state index in [2.05, 4.69) is 29.3 Å². The molecule has 0 saturated carbocycles. The van der Waals surface area contributed by atoms with Crippen LogP contribution in [-0.2, 0) is 4.74 Å². The van der Waals surface area contributed by atoms with Crippen LogP contribution in [-0.4, -0.2) is 41.6 Å². The molecule has 1 unspecified atom stereocenters. The second-order valence-corrected chi connectivity index (χ2v) is 5.14. The van der Waals surface area contributed by atoms with Gasteiger partial charge in [0.25, 0.3) is 0 Å². The molecule has 3 rings (SSSR count). The van der Waals surface area contributed by atoms with Gasteiger partial charge < -0.3 is 10.5 Å². The minimum atomic E-state index is -0.0526. The van der Waals surface area contributed by atoms with Crippen molar-refractivity contribution in [2.45, 2.75) is 37.5 Å². The van der Waals surface area contributed by atoms with E-state index in [1.165, 1.54) is 0 Å². The van der Waals surface area contributed by atoms with Gasteiger partial charge in [-0.05, 0) is 19.4 Å². The second-order valence-electron chi connectivity index (χ2n) is 5.14. The number of rotatable bonds is 1. The van der Waals surface area contributed by atoms with Crippen LogP contribution in [0.2, 0.25) is 0 Å². The monoisotopic (exact) mass is 233 g/mol. The van der Waals surface area contributed by atoms with Gasteiger partial charge in [0.1, 0.15) is 0 Å². The van der Waals surface area contributed by atoms with Gasteiger partial charge in [0, 0.05) is 12.5 Å². The van der Waals surface area contributed by atoms with Crippen molar-refractivity contribution < 1.29 is 4.74 Å². The Hall–Kier alpha value is -1.13. The number of morpholine rings is 1. The lowest BCUT2D eigenvalue weighted by atomic mass is 9.79. The zero-order chi connectivity index (χ0) is 11.9. The van der Waals surface area contributed by atoms with Gasteiger partial charge in [-0.1, -0.05) is 18.2 Å². The summed E-state index contributed by atoms with van der Waals surface area (Å²) in [7, 11) is 0. The van der Waals surface area contributed by atoms with Crippen LogP contribution >= 0.6 is 0 Å². The normalized spacial score (nSPS) is 40.9. The molecule has 2 aliphatic heterocycles. The Morgan fingerprint density at radius 1 is 1.59 bits per heavy atom. The van der Waals surface area contributed by atoms with Gasteiger partial charge in [-0.2, -0.15) is 5.10 Å². The van der Waals surface area contributed by atoms with Crippen molar-refractivity contribution in [2.24, 2.45) is 10.8 Å². The SMILES string of the molecule is C[C@H](N)[C@H]1OCCN2N=C3/C=C\C=C/CC12C3. The third kappa shape index (κ3) is 1.63. The summed E-state index contributed by atoms with van der Waals surface area (Å²) in [5.74, 6) is 0. The van der Waals surface area contributed by atoms with Crippen molar-refractivity contribution in [3.8, 4) is 0 Å². The molecular weight excluding hydrogens is 214 g/mol. The van der Waals surface area contributed by atoms with Crippen LogP contribution in [0.5, 0.6) is 0 Å². The molecular formula is C13H19N3O. The van der Waals surface area contributed by atoms with E-state index in [0.717, 1.165) is 31.7 Å². The van der Waals surface area contributed by atoms with Gasteiger partial charge in [-0.3, -0.25) is 5.01 Å². The summed E-state index contributed by atoms with van der Waals surface area (Å²) in [4.78, 5) is 0. The lowest BCUT2D eigenvalue weighted by Crippen LogP contribution is -2.63. The van der Waals surface area contributed by atoms with Crippen LogP contribution in [0.25, 0.3) is 0 Å². The number of nitrogens with zero attached hydrogens (tertiary/aromatic N) is 2. The summed E-state index contributed by atoms with van der Waals surface area (Å²) < 4.78 is 5.93. The number of allylic oxidation sites excluding steroid dienone is 3. The molecule has 0 radical (unpaired) electrons. The maximum absolute atomic E-state index is 6.10. The number of fused-ring (bicyclic) bond motifs is 1. The van der Waals surface area contributed by atoms with Crippen LogP contribution in [0.15, 0.2) is 29.4 Å². The molecule has 1 aliphatic carbocycles. The third-order valence-corrected chi connectivity index (χ3v) is 3.87. The zero-order valence-electron chi connectivity index (χ0n) is 10.2. The average molecular weight is 233 g/mol. The molecule has 17 heavy (non-hydrogen) atoms. The van der Waals surface area contributed by atoms with E-state index in [9.17, 15) is 0 Å². The van der Waals surface area contributed by atoms with Crippen molar-refractivity contribution in [2.75, 3.05) is 13.2 Å². The maximum Gasteiger partial charge on any atom is 0.0978 e. The smallest absolute Gasteiger partial charge is 0.0978 e. The van der Waals surface area contributed by atoms with Crippen molar-refractivity contribution in [3.05, 3.63) is 24.3 Å². The Kier molecular flexibility index (Phi) is 2.56. The van der Waals surface area contributed by atoms with Gasteiger partial charge in [0.2, 0.25) is 0 Å². The molecule has 0 amide bonds. The van der Waals surface area contributed by atoms with Crippen molar-refractivity contribution in [1.29, 1.82) is 0 Å². The lowest BCUT2D eigenvalue weighted by molar-refractivity contribution is -0.123. The van der Waals surface area contributed by atoms with Crippen molar-refractivity contribution in [3.63, 3.8) is 0 Å². The van der Waals surface area contributed by atoms with E-state index in [-0.39, 0.29) is 17.7 Å². The van der Waals surface area contributed by atoms with Crippen LogP contribution in [0.3, 0.4) is 0 Å². The number of hydrogen-bond acceptors (Lipinski definition) is 4. The molecule has 1 saturated heterocycles. The predicted octanol–water partition coefficient (Wildman–Crippen LogP) is 1.05. The Balaban J connectivity index is 2.00. The number of hydrogen-bond donors (Lipinski definition) is 1. The standard InChI is InChI=1S/C13H19N3O/c1-10(14)12-13-6-4-2-3-5-11(9-13)15-16(13)7-8-17-12/h2-5,10,12H,6-9,14H2,1H3/b4-2-,5-3-/t10-,12+,13?/m0/s1. The number of hydrazone groups is 1. The first-order chi connectivity index (χ1) is 8.22. The van der Waals surface area contributed by atoms with Crippen LogP contribution in [0.1, 0.15) is 19.8 Å². The molecule has 4 heteroatoms. The molecule has 2 N–H and O–H groups in total. The molecule has 1 fully saturated rings. The van der Waals surface area contributed by atoms with E-state index >= 15 is 0 Å². The first kappa shape index (κ1) is 11.0. The van der Waals surface area contributed by atoms with Gasteiger partial charge >= 0.3 is 0 Å². The summed E-state index contributed by atoms with van der Waals surface area (Å²) in [6.07, 6.45) is 10.4. The Bertz CT molecular complexity index is 399. The number of ether oxygens (including phenoxy) is 1. The quantitative estimate of drug-likeness (QED) is 0.736. The Labute approximate surface area is 102 Å². The highest BCUT2D eigenvalue weighted by Gasteiger charge is 2.51. The largest absolute Gasteiger partial charge is 0.372 e. The van der Waals surface area contributed by atoms with Crippen molar-refractivity contribution in [1.82, 2.24) is 5.01 Å². The van der Waals surface area contributed by atoms with Crippen molar-refractivity contribution >= 4 is 5.71 Å². The minimum Gasteiger partial charge on any atom is -0.372 e. The molecule has 92 valence electrons. The second kappa shape index (κ2) is 3.96. The average Bonchev–Trinajstić information content (AvgIpc) is 2.66. The first-order valence-corrected chi connectivity index (χ1v) is 6.28. The number of nitrogens with two attached hydrogens (primary N) is 1. The molecule has 2 heterocycles. The molecule has 0 aromatic carbocycles. The molecule has 3 atom stereocenters. The minimum absolute atomic E-state index is 0.0316. The van der Waals surface area contributed by atoms with Gasteiger partial charge in [-0.15, -0.1) is 0 Å². The van der Waals surface area contributed by atoms with Gasteiger partial charge in [0.05, 0.1) is 30.5 Å². The molecule has 4 nitrogen and oxygen atoms in total. The lowest BCUT2D eigenvalue weighted by Gasteiger charge is -2.48. The van der Waals surface area contributed by atoms with Crippen LogP contribution in [0.4, 0.5) is 0 Å². The highest BCUT2D eigenvalue weighted by molar-refractivity contribution is 5.97. The molecule has 1 spiro atoms. The van der Waals surface area contributed by atoms with E-state index in [1.807, 2.05) is 6.92 Å². The molecule has 0 aromatic rings. The molecule has 2 bridgehead atoms. The highest BCUT2D eigenvalue weighted by atomic mass is 16.5. The summed E-state index contributed by atoms with van der Waals surface area (Å²) >= 11 is 0. The fourth-order valence-corrected chi connectivity index (χ4v) is 3.18. The molecule has 3 aliphatic rings. The first-order valence-electron chi connectivity index (χ1n) is 6.28. The summed E-state index contributed by atoms with van der Waals surface area (Å²) in [5.41, 5.74) is 7.19. The Morgan fingerprint density at radius 3 is 3.29 bits per heavy atom. The summed E-state index contributed by atoms with van der Waals surface area (Å²) in [6, 6.07) is 0.0316.